The first-order valence-electron chi connectivity index (χ1n) is 5.85. The molecule has 1 unspecified atom stereocenters. The maximum atomic E-state index is 12.3. The summed E-state index contributed by atoms with van der Waals surface area (Å²) in [5, 5.41) is 3.57. The fourth-order valence-corrected chi connectivity index (χ4v) is 2.88. The summed E-state index contributed by atoms with van der Waals surface area (Å²) in [7, 11) is 0. The maximum Gasteiger partial charge on any atom is 0.248 e. The molecule has 98 valence electrons. The van der Waals surface area contributed by atoms with Gasteiger partial charge in [-0.2, -0.15) is 0 Å². The number of nitrogens with zero attached hydrogens (tertiary/aromatic N) is 2. The van der Waals surface area contributed by atoms with Crippen LogP contribution in [0.25, 0.3) is 0 Å². The van der Waals surface area contributed by atoms with E-state index in [1.54, 1.807) is 36.3 Å². The van der Waals surface area contributed by atoms with Crippen LogP contribution in [0.1, 0.15) is 36.7 Å². The van der Waals surface area contributed by atoms with E-state index in [4.69, 9.17) is 0 Å². The van der Waals surface area contributed by atoms with Crippen molar-refractivity contribution >= 4 is 23.2 Å². The minimum absolute atomic E-state index is 0.0672. The number of aryl methyl sites for hydroxylation is 1. The number of carbonyl (C=O) groups is 2. The summed E-state index contributed by atoms with van der Waals surface area (Å²) in [6.07, 6.45) is 1.79. The van der Waals surface area contributed by atoms with E-state index in [-0.39, 0.29) is 24.4 Å². The summed E-state index contributed by atoms with van der Waals surface area (Å²) in [5.74, 6) is -0.192. The fraction of sp³-hybridized carbons (Fsp3) is 0.583. The molecule has 2 rings (SSSR count). The van der Waals surface area contributed by atoms with Crippen molar-refractivity contribution in [3.8, 4) is 0 Å². The third-order valence-corrected chi connectivity index (χ3v) is 4.11. The Bertz CT molecular complexity index is 495. The molecule has 1 saturated heterocycles. The number of hydrogen-bond donors (Lipinski definition) is 1. The molecule has 0 radical (unpaired) electrons. The first-order chi connectivity index (χ1) is 8.31. The molecule has 1 N–H and O–H groups in total. The fourth-order valence-electron chi connectivity index (χ4n) is 2.04. The number of thiazole rings is 1. The van der Waals surface area contributed by atoms with Gasteiger partial charge in [0.1, 0.15) is 17.1 Å². The molecule has 1 aromatic rings. The van der Waals surface area contributed by atoms with E-state index in [1.807, 2.05) is 13.8 Å². The van der Waals surface area contributed by atoms with Gasteiger partial charge in [-0.1, -0.05) is 0 Å². The van der Waals surface area contributed by atoms with Gasteiger partial charge < -0.3 is 10.2 Å². The van der Waals surface area contributed by atoms with Crippen LogP contribution in [0, 0.1) is 6.92 Å². The molecule has 1 fully saturated rings. The standard InChI is InChI=1S/C12H17N3O2S/c1-7-5-13-10(18-7)8(2)15-6-9(16)14-12(3,4)11(15)17/h5,8H,6H2,1-4H3,(H,14,16). The molecule has 1 aliphatic rings. The molecule has 0 bridgehead atoms. The molecule has 0 aliphatic carbocycles. The third-order valence-electron chi connectivity index (χ3n) is 3.03. The Balaban J connectivity index is 2.26. The van der Waals surface area contributed by atoms with Crippen molar-refractivity contribution in [2.75, 3.05) is 6.54 Å². The predicted octanol–water partition coefficient (Wildman–Crippen LogP) is 1.25. The van der Waals surface area contributed by atoms with Crippen LogP contribution in [0.4, 0.5) is 0 Å². The topological polar surface area (TPSA) is 62.3 Å². The smallest absolute Gasteiger partial charge is 0.248 e. The molecular weight excluding hydrogens is 250 g/mol. The molecule has 1 aromatic heterocycles. The minimum atomic E-state index is -0.837. The van der Waals surface area contributed by atoms with E-state index >= 15 is 0 Å². The molecule has 18 heavy (non-hydrogen) atoms. The number of carbonyl (C=O) groups excluding carboxylic acids is 2. The summed E-state index contributed by atoms with van der Waals surface area (Å²) in [5.41, 5.74) is -0.837. The number of piperazine rings is 1. The van der Waals surface area contributed by atoms with Gasteiger partial charge in [0.25, 0.3) is 0 Å². The molecule has 6 heteroatoms. The van der Waals surface area contributed by atoms with Crippen LogP contribution < -0.4 is 5.32 Å². The number of amides is 2. The molecule has 0 spiro atoms. The van der Waals surface area contributed by atoms with Crippen LogP contribution in [0.15, 0.2) is 6.20 Å². The van der Waals surface area contributed by atoms with Crippen LogP contribution in [0.2, 0.25) is 0 Å². The lowest BCUT2D eigenvalue weighted by atomic mass is 9.99. The summed E-state index contributed by atoms with van der Waals surface area (Å²) in [6.45, 7) is 7.42. The molecular formula is C12H17N3O2S. The zero-order valence-electron chi connectivity index (χ0n) is 11.0. The molecule has 1 atom stereocenters. The average molecular weight is 267 g/mol. The van der Waals surface area contributed by atoms with E-state index < -0.39 is 5.54 Å². The highest BCUT2D eigenvalue weighted by Gasteiger charge is 2.41. The van der Waals surface area contributed by atoms with Gasteiger partial charge in [-0.15, -0.1) is 11.3 Å². The Kier molecular flexibility index (Phi) is 3.14. The summed E-state index contributed by atoms with van der Waals surface area (Å²) < 4.78 is 0. The summed E-state index contributed by atoms with van der Waals surface area (Å²) in [6, 6.07) is -0.165. The maximum absolute atomic E-state index is 12.3. The monoisotopic (exact) mass is 267 g/mol. The Hall–Kier alpha value is -1.43. The second-order valence-electron chi connectivity index (χ2n) is 5.09. The first kappa shape index (κ1) is 13.0. The van der Waals surface area contributed by atoms with E-state index in [9.17, 15) is 9.59 Å². The Morgan fingerprint density at radius 3 is 2.72 bits per heavy atom. The van der Waals surface area contributed by atoms with E-state index in [2.05, 4.69) is 10.3 Å². The largest absolute Gasteiger partial charge is 0.341 e. The van der Waals surface area contributed by atoms with Crippen molar-refractivity contribution < 1.29 is 9.59 Å². The average Bonchev–Trinajstić information content (AvgIpc) is 2.68. The molecule has 2 amide bonds. The second kappa shape index (κ2) is 4.35. The van der Waals surface area contributed by atoms with E-state index in [0.29, 0.717) is 0 Å². The third kappa shape index (κ3) is 2.25. The van der Waals surface area contributed by atoms with Crippen LogP contribution in [0.5, 0.6) is 0 Å². The van der Waals surface area contributed by atoms with Gasteiger partial charge in [0.15, 0.2) is 0 Å². The van der Waals surface area contributed by atoms with Crippen molar-refractivity contribution in [2.45, 2.75) is 39.3 Å². The molecule has 0 saturated carbocycles. The molecule has 5 nitrogen and oxygen atoms in total. The Morgan fingerprint density at radius 2 is 2.17 bits per heavy atom. The van der Waals surface area contributed by atoms with Crippen molar-refractivity contribution in [3.05, 3.63) is 16.1 Å². The Morgan fingerprint density at radius 1 is 1.50 bits per heavy atom. The summed E-state index contributed by atoms with van der Waals surface area (Å²) >= 11 is 1.56. The van der Waals surface area contributed by atoms with E-state index in [1.165, 1.54) is 0 Å². The Labute approximate surface area is 110 Å². The highest BCUT2D eigenvalue weighted by atomic mass is 32.1. The highest BCUT2D eigenvalue weighted by Crippen LogP contribution is 2.28. The predicted molar refractivity (Wildman–Crippen MR) is 69.2 cm³/mol. The lowest BCUT2D eigenvalue weighted by Crippen LogP contribution is -2.64. The van der Waals surface area contributed by atoms with Gasteiger partial charge >= 0.3 is 0 Å². The SMILES string of the molecule is Cc1cnc(C(C)N2CC(=O)NC(C)(C)C2=O)s1. The van der Waals surface area contributed by atoms with Crippen LogP contribution >= 0.6 is 11.3 Å². The molecule has 1 aliphatic heterocycles. The van der Waals surface area contributed by atoms with Gasteiger partial charge in [0, 0.05) is 11.1 Å². The number of aromatic nitrogens is 1. The second-order valence-corrected chi connectivity index (χ2v) is 6.36. The number of rotatable bonds is 2. The zero-order valence-corrected chi connectivity index (χ0v) is 11.8. The van der Waals surface area contributed by atoms with Crippen molar-refractivity contribution in [1.82, 2.24) is 15.2 Å². The lowest BCUT2D eigenvalue weighted by molar-refractivity contribution is -0.150. The zero-order chi connectivity index (χ0) is 13.5. The van der Waals surface area contributed by atoms with Gasteiger partial charge in [-0.25, -0.2) is 4.98 Å². The van der Waals surface area contributed by atoms with Crippen molar-refractivity contribution in [1.29, 1.82) is 0 Å². The van der Waals surface area contributed by atoms with Crippen LogP contribution in [-0.2, 0) is 9.59 Å². The molecule has 0 aromatic carbocycles. The number of hydrogen-bond acceptors (Lipinski definition) is 4. The van der Waals surface area contributed by atoms with Crippen molar-refractivity contribution in [3.63, 3.8) is 0 Å². The highest BCUT2D eigenvalue weighted by molar-refractivity contribution is 7.11. The van der Waals surface area contributed by atoms with Crippen LogP contribution in [-0.4, -0.2) is 33.8 Å². The van der Waals surface area contributed by atoms with Gasteiger partial charge in [0.05, 0.1) is 6.04 Å². The minimum Gasteiger partial charge on any atom is -0.341 e. The normalized spacial score (nSPS) is 20.8. The summed E-state index contributed by atoms with van der Waals surface area (Å²) in [4.78, 5) is 30.9. The molecule has 2 heterocycles. The van der Waals surface area contributed by atoms with E-state index in [0.717, 1.165) is 9.88 Å². The van der Waals surface area contributed by atoms with Gasteiger partial charge in [-0.05, 0) is 27.7 Å². The lowest BCUT2D eigenvalue weighted by Gasteiger charge is -2.39. The number of nitrogens with one attached hydrogen (secondary N) is 1. The quantitative estimate of drug-likeness (QED) is 0.877. The van der Waals surface area contributed by atoms with Gasteiger partial charge in [-0.3, -0.25) is 9.59 Å². The van der Waals surface area contributed by atoms with Crippen molar-refractivity contribution in [2.24, 2.45) is 0 Å². The van der Waals surface area contributed by atoms with Gasteiger partial charge in [0.2, 0.25) is 11.8 Å². The van der Waals surface area contributed by atoms with Crippen LogP contribution in [0.3, 0.4) is 0 Å². The first-order valence-corrected chi connectivity index (χ1v) is 6.67.